The number of hydrogen-bond donors (Lipinski definition) is 1. The van der Waals surface area contributed by atoms with Gasteiger partial charge in [-0.25, -0.2) is 0 Å². The number of thioether (sulfide) groups is 1. The summed E-state index contributed by atoms with van der Waals surface area (Å²) in [5.41, 5.74) is 7.43. The van der Waals surface area contributed by atoms with Gasteiger partial charge in [0.1, 0.15) is 0 Å². The summed E-state index contributed by atoms with van der Waals surface area (Å²) < 4.78 is 0.992. The molecule has 0 aliphatic heterocycles. The molecule has 0 aliphatic carbocycles. The van der Waals surface area contributed by atoms with Gasteiger partial charge in [0.15, 0.2) is 0 Å². The zero-order valence-electron chi connectivity index (χ0n) is 8.86. The minimum absolute atomic E-state index is 0.599. The lowest BCUT2D eigenvalue weighted by Crippen LogP contribution is -1.86. The molecule has 0 amide bonds. The number of rotatable bonds is 3. The van der Waals surface area contributed by atoms with E-state index in [0.29, 0.717) is 10.7 Å². The molecule has 0 radical (unpaired) electrons. The second-order valence-corrected chi connectivity index (χ2v) is 5.86. The quantitative estimate of drug-likeness (QED) is 0.671. The molecule has 5 heteroatoms. The van der Waals surface area contributed by atoms with Crippen molar-refractivity contribution in [2.24, 2.45) is 0 Å². The van der Waals surface area contributed by atoms with Gasteiger partial charge >= 0.3 is 0 Å². The molecule has 0 saturated heterocycles. The highest BCUT2D eigenvalue weighted by Crippen LogP contribution is 2.28. The van der Waals surface area contributed by atoms with Crippen molar-refractivity contribution < 1.29 is 0 Å². The van der Waals surface area contributed by atoms with Crippen LogP contribution in [0, 0.1) is 0 Å². The van der Waals surface area contributed by atoms with Crippen LogP contribution in [0.1, 0.15) is 5.56 Å². The Kier molecular flexibility index (Phi) is 4.31. The SMILES string of the molecule is Nc1ccc(SCc2cncc(Br)c2)cc1Cl. The maximum atomic E-state index is 5.96. The summed E-state index contributed by atoms with van der Waals surface area (Å²) in [6.45, 7) is 0. The Labute approximate surface area is 118 Å². The van der Waals surface area contributed by atoms with Crippen LogP contribution in [0.5, 0.6) is 0 Å². The largest absolute Gasteiger partial charge is 0.398 e. The minimum atomic E-state index is 0.599. The van der Waals surface area contributed by atoms with Crippen LogP contribution in [0.25, 0.3) is 0 Å². The third kappa shape index (κ3) is 3.63. The summed E-state index contributed by atoms with van der Waals surface area (Å²) >= 11 is 11.1. The molecule has 1 heterocycles. The average Bonchev–Trinajstić information content (AvgIpc) is 2.31. The van der Waals surface area contributed by atoms with E-state index >= 15 is 0 Å². The molecule has 2 rings (SSSR count). The summed E-state index contributed by atoms with van der Waals surface area (Å²) in [5.74, 6) is 0.854. The van der Waals surface area contributed by atoms with E-state index in [1.165, 1.54) is 0 Å². The lowest BCUT2D eigenvalue weighted by Gasteiger charge is -2.04. The predicted molar refractivity (Wildman–Crippen MR) is 77.4 cm³/mol. The second kappa shape index (κ2) is 5.76. The Hall–Kier alpha value is -0.710. The van der Waals surface area contributed by atoms with Gasteiger partial charge < -0.3 is 5.73 Å². The summed E-state index contributed by atoms with van der Waals surface area (Å²) in [7, 11) is 0. The van der Waals surface area contributed by atoms with Gasteiger partial charge in [-0.1, -0.05) is 11.6 Å². The molecular weight excluding hydrogens is 320 g/mol. The van der Waals surface area contributed by atoms with Crippen LogP contribution in [0.4, 0.5) is 5.69 Å². The Morgan fingerprint density at radius 2 is 2.12 bits per heavy atom. The van der Waals surface area contributed by atoms with Crippen LogP contribution in [-0.4, -0.2) is 4.98 Å². The fourth-order valence-corrected chi connectivity index (χ4v) is 2.81. The molecule has 2 aromatic rings. The van der Waals surface area contributed by atoms with Crippen LogP contribution < -0.4 is 5.73 Å². The number of aromatic nitrogens is 1. The Balaban J connectivity index is 2.05. The maximum Gasteiger partial charge on any atom is 0.0646 e. The monoisotopic (exact) mass is 328 g/mol. The highest BCUT2D eigenvalue weighted by atomic mass is 79.9. The van der Waals surface area contributed by atoms with Crippen LogP contribution in [0.15, 0.2) is 46.0 Å². The van der Waals surface area contributed by atoms with E-state index in [1.807, 2.05) is 24.4 Å². The van der Waals surface area contributed by atoms with Gasteiger partial charge in [-0.2, -0.15) is 0 Å². The van der Waals surface area contributed by atoms with Crippen molar-refractivity contribution in [2.75, 3.05) is 5.73 Å². The maximum absolute atomic E-state index is 5.96. The van der Waals surface area contributed by atoms with Gasteiger partial charge in [0.05, 0.1) is 10.7 Å². The number of pyridine rings is 1. The first kappa shape index (κ1) is 12.7. The van der Waals surface area contributed by atoms with Crippen molar-refractivity contribution in [1.29, 1.82) is 0 Å². The molecule has 0 atom stereocenters. The zero-order chi connectivity index (χ0) is 12.3. The van der Waals surface area contributed by atoms with Crippen molar-refractivity contribution in [3.05, 3.63) is 51.7 Å². The lowest BCUT2D eigenvalue weighted by molar-refractivity contribution is 1.23. The van der Waals surface area contributed by atoms with Crippen molar-refractivity contribution >= 4 is 45.0 Å². The molecule has 1 aromatic carbocycles. The highest BCUT2D eigenvalue weighted by molar-refractivity contribution is 9.10. The second-order valence-electron chi connectivity index (χ2n) is 3.48. The van der Waals surface area contributed by atoms with E-state index < -0.39 is 0 Å². The molecule has 0 bridgehead atoms. The molecule has 0 saturated carbocycles. The summed E-state index contributed by atoms with van der Waals surface area (Å²) in [4.78, 5) is 5.22. The molecule has 88 valence electrons. The third-order valence-electron chi connectivity index (χ3n) is 2.14. The third-order valence-corrected chi connectivity index (χ3v) is 3.96. The number of anilines is 1. The summed E-state index contributed by atoms with van der Waals surface area (Å²) in [6.07, 6.45) is 3.63. The molecule has 2 N–H and O–H groups in total. The summed E-state index contributed by atoms with van der Waals surface area (Å²) in [5, 5.41) is 0.599. The first-order valence-corrected chi connectivity index (χ1v) is 7.08. The summed E-state index contributed by atoms with van der Waals surface area (Å²) in [6, 6.07) is 7.73. The molecule has 17 heavy (non-hydrogen) atoms. The molecule has 0 fully saturated rings. The van der Waals surface area contributed by atoms with E-state index in [-0.39, 0.29) is 0 Å². The standard InChI is InChI=1S/C12H10BrClN2S/c13-9-3-8(5-16-6-9)7-17-10-1-2-12(15)11(14)4-10/h1-6H,7,15H2. The van der Waals surface area contributed by atoms with E-state index in [4.69, 9.17) is 17.3 Å². The lowest BCUT2D eigenvalue weighted by atomic mass is 10.3. The van der Waals surface area contributed by atoms with E-state index in [9.17, 15) is 0 Å². The fourth-order valence-electron chi connectivity index (χ4n) is 1.30. The predicted octanol–water partition coefficient (Wildman–Crippen LogP) is 4.37. The number of benzene rings is 1. The number of nitrogens with zero attached hydrogens (tertiary/aromatic N) is 1. The minimum Gasteiger partial charge on any atom is -0.398 e. The number of nitrogen functional groups attached to an aromatic ring is 1. The molecular formula is C12H10BrClN2S. The van der Waals surface area contributed by atoms with Crippen LogP contribution in [0.3, 0.4) is 0 Å². The number of nitrogens with two attached hydrogens (primary N) is 1. The highest BCUT2D eigenvalue weighted by Gasteiger charge is 2.01. The Bertz CT molecular complexity index is 534. The van der Waals surface area contributed by atoms with Gasteiger partial charge in [0.2, 0.25) is 0 Å². The van der Waals surface area contributed by atoms with Crippen LogP contribution in [-0.2, 0) is 5.75 Å². The van der Waals surface area contributed by atoms with Gasteiger partial charge in [0, 0.05) is 27.5 Å². The van der Waals surface area contributed by atoms with Gasteiger partial charge in [0.25, 0.3) is 0 Å². The van der Waals surface area contributed by atoms with Gasteiger partial charge in [-0.3, -0.25) is 4.98 Å². The Morgan fingerprint density at radius 3 is 2.82 bits per heavy atom. The van der Waals surface area contributed by atoms with Crippen molar-refractivity contribution in [3.8, 4) is 0 Å². The molecule has 1 aromatic heterocycles. The first-order valence-electron chi connectivity index (χ1n) is 4.92. The smallest absolute Gasteiger partial charge is 0.0646 e. The zero-order valence-corrected chi connectivity index (χ0v) is 12.0. The number of halogens is 2. The van der Waals surface area contributed by atoms with E-state index in [1.54, 1.807) is 18.0 Å². The first-order chi connectivity index (χ1) is 8.15. The van der Waals surface area contributed by atoms with Gasteiger partial charge in [-0.05, 0) is 45.8 Å². The fraction of sp³-hybridized carbons (Fsp3) is 0.0833. The Morgan fingerprint density at radius 1 is 1.29 bits per heavy atom. The molecule has 0 aliphatic rings. The normalized spacial score (nSPS) is 10.5. The topological polar surface area (TPSA) is 38.9 Å². The van der Waals surface area contributed by atoms with Crippen molar-refractivity contribution in [2.45, 2.75) is 10.6 Å². The van der Waals surface area contributed by atoms with E-state index in [0.717, 1.165) is 20.7 Å². The van der Waals surface area contributed by atoms with E-state index in [2.05, 4.69) is 27.0 Å². The number of hydrogen-bond acceptors (Lipinski definition) is 3. The van der Waals surface area contributed by atoms with Crippen molar-refractivity contribution in [3.63, 3.8) is 0 Å². The van der Waals surface area contributed by atoms with Gasteiger partial charge in [-0.15, -0.1) is 11.8 Å². The average molecular weight is 330 g/mol. The molecule has 0 unspecified atom stereocenters. The molecule has 0 spiro atoms. The van der Waals surface area contributed by atoms with Crippen molar-refractivity contribution in [1.82, 2.24) is 4.98 Å². The van der Waals surface area contributed by atoms with Crippen LogP contribution >= 0.6 is 39.3 Å². The van der Waals surface area contributed by atoms with Crippen LogP contribution in [0.2, 0.25) is 5.02 Å². The molecule has 2 nitrogen and oxygen atoms in total.